The van der Waals surface area contributed by atoms with Crippen molar-refractivity contribution in [1.82, 2.24) is 9.80 Å². The van der Waals surface area contributed by atoms with Crippen LogP contribution in [0.2, 0.25) is 0 Å². The van der Waals surface area contributed by atoms with Crippen LogP contribution in [-0.2, 0) is 23.9 Å². The number of amides is 3. The second-order valence-electron chi connectivity index (χ2n) is 7.73. The van der Waals surface area contributed by atoms with Crippen LogP contribution in [0.4, 0.5) is 5.69 Å². The van der Waals surface area contributed by atoms with E-state index in [1.807, 2.05) is 13.8 Å². The van der Waals surface area contributed by atoms with E-state index >= 15 is 0 Å². The molecule has 0 atom stereocenters. The summed E-state index contributed by atoms with van der Waals surface area (Å²) in [6, 6.07) is 7.02. The maximum atomic E-state index is 12.8. The standard InChI is InChI=1S/C22H31N3O6/c1-5-31-22(29)11-10-19(26)23(12-16(2)3)13-20(27)24-14-21(28)25(15-24)17-6-8-18(30-4)9-7-17/h6-9,16H,5,10-15H2,1-4H3. The molecular formula is C22H31N3O6. The zero-order valence-corrected chi connectivity index (χ0v) is 18.6. The third kappa shape index (κ3) is 6.97. The lowest BCUT2D eigenvalue weighted by molar-refractivity contribution is -0.146. The lowest BCUT2D eigenvalue weighted by Gasteiger charge is -2.26. The number of hydrogen-bond acceptors (Lipinski definition) is 6. The molecule has 9 nitrogen and oxygen atoms in total. The summed E-state index contributed by atoms with van der Waals surface area (Å²) in [4.78, 5) is 53.9. The number of benzene rings is 1. The van der Waals surface area contributed by atoms with Crippen LogP contribution in [0.1, 0.15) is 33.6 Å². The van der Waals surface area contributed by atoms with Gasteiger partial charge in [0.25, 0.3) is 0 Å². The SMILES string of the molecule is CCOC(=O)CCC(=O)N(CC(=O)N1CC(=O)N(c2ccc(OC)cc2)C1)CC(C)C. The monoisotopic (exact) mass is 433 g/mol. The molecule has 0 radical (unpaired) electrons. The lowest BCUT2D eigenvalue weighted by atomic mass is 10.2. The highest BCUT2D eigenvalue weighted by Crippen LogP contribution is 2.22. The summed E-state index contributed by atoms with van der Waals surface area (Å²) in [5, 5.41) is 0. The van der Waals surface area contributed by atoms with Gasteiger partial charge in [0.1, 0.15) is 19.0 Å². The normalized spacial score (nSPS) is 13.5. The van der Waals surface area contributed by atoms with Crippen molar-refractivity contribution < 1.29 is 28.7 Å². The van der Waals surface area contributed by atoms with Crippen LogP contribution in [0, 0.1) is 5.92 Å². The van der Waals surface area contributed by atoms with Gasteiger partial charge in [-0.15, -0.1) is 0 Å². The van der Waals surface area contributed by atoms with Crippen molar-refractivity contribution in [3.05, 3.63) is 24.3 Å². The molecule has 0 aromatic heterocycles. The average molecular weight is 434 g/mol. The molecule has 1 aliphatic rings. The lowest BCUT2D eigenvalue weighted by Crippen LogP contribution is -2.44. The fourth-order valence-electron chi connectivity index (χ4n) is 3.26. The van der Waals surface area contributed by atoms with Crippen LogP contribution in [0.3, 0.4) is 0 Å². The molecule has 1 aromatic carbocycles. The zero-order valence-electron chi connectivity index (χ0n) is 18.6. The molecule has 0 bridgehead atoms. The summed E-state index contributed by atoms with van der Waals surface area (Å²) < 4.78 is 9.99. The minimum atomic E-state index is -0.438. The van der Waals surface area contributed by atoms with E-state index in [9.17, 15) is 19.2 Å². The number of hydrogen-bond donors (Lipinski definition) is 0. The Labute approximate surface area is 182 Å². The Morgan fingerprint density at radius 1 is 1.13 bits per heavy atom. The van der Waals surface area contributed by atoms with E-state index < -0.39 is 5.97 Å². The largest absolute Gasteiger partial charge is 0.497 e. The number of carbonyl (C=O) groups is 4. The summed E-state index contributed by atoms with van der Waals surface area (Å²) in [5.41, 5.74) is 0.672. The second kappa shape index (κ2) is 11.3. The number of esters is 1. The van der Waals surface area contributed by atoms with Crippen LogP contribution >= 0.6 is 0 Å². The van der Waals surface area contributed by atoms with Crippen molar-refractivity contribution in [2.24, 2.45) is 5.92 Å². The summed E-state index contributed by atoms with van der Waals surface area (Å²) in [7, 11) is 1.56. The molecule has 0 N–H and O–H groups in total. The third-order valence-electron chi connectivity index (χ3n) is 4.79. The molecule has 31 heavy (non-hydrogen) atoms. The van der Waals surface area contributed by atoms with E-state index in [0.29, 0.717) is 18.0 Å². The van der Waals surface area contributed by atoms with Crippen molar-refractivity contribution >= 4 is 29.4 Å². The van der Waals surface area contributed by atoms with E-state index in [1.54, 1.807) is 38.3 Å². The number of anilines is 1. The summed E-state index contributed by atoms with van der Waals surface area (Å²) in [6.07, 6.45) is -0.0430. The van der Waals surface area contributed by atoms with Crippen LogP contribution in [0.15, 0.2) is 24.3 Å². The van der Waals surface area contributed by atoms with E-state index in [0.717, 1.165) is 0 Å². The number of carbonyl (C=O) groups excluding carboxylic acids is 4. The Balaban J connectivity index is 1.99. The Kier molecular flexibility index (Phi) is 8.84. The predicted octanol–water partition coefficient (Wildman–Crippen LogP) is 1.66. The summed E-state index contributed by atoms with van der Waals surface area (Å²) in [6.45, 7) is 6.18. The van der Waals surface area contributed by atoms with Gasteiger partial charge < -0.3 is 19.3 Å². The number of methoxy groups -OCH3 is 1. The highest BCUT2D eigenvalue weighted by atomic mass is 16.5. The molecule has 0 saturated carbocycles. The first-order chi connectivity index (χ1) is 14.7. The zero-order chi connectivity index (χ0) is 23.0. The van der Waals surface area contributed by atoms with E-state index in [4.69, 9.17) is 9.47 Å². The van der Waals surface area contributed by atoms with Crippen molar-refractivity contribution in [2.75, 3.05) is 44.9 Å². The summed E-state index contributed by atoms with van der Waals surface area (Å²) >= 11 is 0. The van der Waals surface area contributed by atoms with Gasteiger partial charge in [-0.2, -0.15) is 0 Å². The van der Waals surface area contributed by atoms with Crippen LogP contribution in [0.5, 0.6) is 5.75 Å². The van der Waals surface area contributed by atoms with E-state index in [1.165, 1.54) is 14.7 Å². The Morgan fingerprint density at radius 3 is 2.39 bits per heavy atom. The van der Waals surface area contributed by atoms with Crippen molar-refractivity contribution in [1.29, 1.82) is 0 Å². The molecule has 170 valence electrons. The maximum Gasteiger partial charge on any atom is 0.306 e. The topological polar surface area (TPSA) is 96.5 Å². The van der Waals surface area contributed by atoms with Gasteiger partial charge in [0, 0.05) is 18.7 Å². The van der Waals surface area contributed by atoms with Crippen LogP contribution in [-0.4, -0.2) is 73.5 Å². The van der Waals surface area contributed by atoms with Gasteiger partial charge in [-0.1, -0.05) is 13.8 Å². The van der Waals surface area contributed by atoms with Gasteiger partial charge >= 0.3 is 5.97 Å². The number of rotatable bonds is 10. The van der Waals surface area contributed by atoms with Gasteiger partial charge in [-0.25, -0.2) is 0 Å². The second-order valence-corrected chi connectivity index (χ2v) is 7.73. The molecule has 0 unspecified atom stereocenters. The molecule has 0 spiro atoms. The van der Waals surface area contributed by atoms with Crippen LogP contribution < -0.4 is 9.64 Å². The van der Waals surface area contributed by atoms with Crippen molar-refractivity contribution in [2.45, 2.75) is 33.6 Å². The Morgan fingerprint density at radius 2 is 1.81 bits per heavy atom. The van der Waals surface area contributed by atoms with Crippen LogP contribution in [0.25, 0.3) is 0 Å². The first-order valence-corrected chi connectivity index (χ1v) is 10.4. The Bertz CT molecular complexity index is 793. The molecule has 1 heterocycles. The highest BCUT2D eigenvalue weighted by molar-refractivity contribution is 6.00. The minimum absolute atomic E-state index is 0.0181. The molecule has 1 aromatic rings. The third-order valence-corrected chi connectivity index (χ3v) is 4.79. The summed E-state index contributed by atoms with van der Waals surface area (Å²) in [5.74, 6) is -0.402. The maximum absolute atomic E-state index is 12.8. The van der Waals surface area contributed by atoms with E-state index in [2.05, 4.69) is 0 Å². The van der Waals surface area contributed by atoms with E-state index in [-0.39, 0.29) is 62.8 Å². The molecule has 1 aliphatic heterocycles. The molecule has 3 amide bonds. The minimum Gasteiger partial charge on any atom is -0.497 e. The Hall–Kier alpha value is -3.10. The van der Waals surface area contributed by atoms with Crippen molar-refractivity contribution in [3.8, 4) is 5.75 Å². The highest BCUT2D eigenvalue weighted by Gasteiger charge is 2.33. The first kappa shape index (κ1) is 24.2. The molecule has 0 aliphatic carbocycles. The van der Waals surface area contributed by atoms with Gasteiger partial charge in [0.15, 0.2) is 0 Å². The number of nitrogens with zero attached hydrogens (tertiary/aromatic N) is 3. The fourth-order valence-corrected chi connectivity index (χ4v) is 3.26. The fraction of sp³-hybridized carbons (Fsp3) is 0.545. The molecular weight excluding hydrogens is 402 g/mol. The van der Waals surface area contributed by atoms with Gasteiger partial charge in [0.2, 0.25) is 17.7 Å². The quantitative estimate of drug-likeness (QED) is 0.521. The predicted molar refractivity (Wildman–Crippen MR) is 114 cm³/mol. The van der Waals surface area contributed by atoms with Gasteiger partial charge in [0.05, 0.1) is 26.7 Å². The molecule has 1 saturated heterocycles. The van der Waals surface area contributed by atoms with Crippen molar-refractivity contribution in [3.63, 3.8) is 0 Å². The molecule has 2 rings (SSSR count). The molecule has 9 heteroatoms. The van der Waals surface area contributed by atoms with Gasteiger partial charge in [-0.05, 0) is 37.1 Å². The average Bonchev–Trinajstić information content (AvgIpc) is 3.13. The first-order valence-electron chi connectivity index (χ1n) is 10.4. The number of ether oxygens (including phenoxy) is 2. The molecule has 1 fully saturated rings. The smallest absolute Gasteiger partial charge is 0.306 e. The van der Waals surface area contributed by atoms with Gasteiger partial charge in [-0.3, -0.25) is 24.1 Å².